The summed E-state index contributed by atoms with van der Waals surface area (Å²) in [5.74, 6) is -0.702. The fourth-order valence-corrected chi connectivity index (χ4v) is 2.79. The zero-order valence-corrected chi connectivity index (χ0v) is 13.9. The first-order valence-corrected chi connectivity index (χ1v) is 7.93. The van der Waals surface area contributed by atoms with Crippen LogP contribution >= 0.6 is 0 Å². The Morgan fingerprint density at radius 2 is 1.52 bits per heavy atom. The van der Waals surface area contributed by atoms with Crippen molar-refractivity contribution in [2.75, 3.05) is 4.90 Å². The van der Waals surface area contributed by atoms with E-state index in [1.165, 1.54) is 0 Å². The molecular weight excluding hydrogens is 357 g/mol. The number of phenolic OH excluding ortho intramolecular Hbond substituents is 1. The molecule has 0 aliphatic rings. The first-order valence-electron chi connectivity index (χ1n) is 7.93. The van der Waals surface area contributed by atoms with Gasteiger partial charge in [-0.25, -0.2) is 4.79 Å². The van der Waals surface area contributed by atoms with Crippen LogP contribution in [-0.4, -0.2) is 11.1 Å². The van der Waals surface area contributed by atoms with Gasteiger partial charge in [0.15, 0.2) is 0 Å². The fraction of sp³-hybridized carbons (Fsp3) is 0.0500. The summed E-state index contributed by atoms with van der Waals surface area (Å²) < 4.78 is 38.6. The molecule has 0 aliphatic heterocycles. The normalized spacial score (nSPS) is 11.2. The number of para-hydroxylation sites is 1. The highest BCUT2D eigenvalue weighted by Crippen LogP contribution is 2.41. The van der Waals surface area contributed by atoms with E-state index in [0.717, 1.165) is 22.6 Å². The van der Waals surface area contributed by atoms with Crippen LogP contribution in [-0.2, 0) is 6.18 Å². The van der Waals surface area contributed by atoms with Crippen LogP contribution in [0, 0.1) is 0 Å². The lowest BCUT2D eigenvalue weighted by Crippen LogP contribution is -2.32. The minimum atomic E-state index is -4.62. The molecule has 3 N–H and O–H groups in total. The summed E-state index contributed by atoms with van der Waals surface area (Å²) in [6.45, 7) is 0. The Balaban J connectivity index is 2.16. The zero-order valence-electron chi connectivity index (χ0n) is 13.9. The van der Waals surface area contributed by atoms with E-state index >= 15 is 0 Å². The number of benzene rings is 3. The average Bonchev–Trinajstić information content (AvgIpc) is 2.63. The van der Waals surface area contributed by atoms with Crippen LogP contribution in [0.2, 0.25) is 0 Å². The first-order chi connectivity index (χ1) is 12.8. The number of rotatable bonds is 3. The van der Waals surface area contributed by atoms with Gasteiger partial charge in [-0.2, -0.15) is 13.2 Å². The summed E-state index contributed by atoms with van der Waals surface area (Å²) in [6, 6.07) is 17.3. The molecule has 7 heteroatoms. The van der Waals surface area contributed by atoms with Crippen LogP contribution in [0.25, 0.3) is 11.1 Å². The smallest absolute Gasteiger partial charge is 0.416 e. The third kappa shape index (κ3) is 3.72. The molecule has 0 aliphatic carbocycles. The van der Waals surface area contributed by atoms with Gasteiger partial charge in [0.2, 0.25) is 0 Å². The molecule has 0 spiro atoms. The van der Waals surface area contributed by atoms with E-state index in [0.29, 0.717) is 17.3 Å². The highest BCUT2D eigenvalue weighted by atomic mass is 19.4. The van der Waals surface area contributed by atoms with Gasteiger partial charge in [0, 0.05) is 5.56 Å². The van der Waals surface area contributed by atoms with Gasteiger partial charge in [0.05, 0.1) is 16.9 Å². The maximum absolute atomic E-state index is 12.9. The van der Waals surface area contributed by atoms with Crippen LogP contribution in [0.15, 0.2) is 72.8 Å². The van der Waals surface area contributed by atoms with Gasteiger partial charge in [-0.3, -0.25) is 4.90 Å². The van der Waals surface area contributed by atoms with Gasteiger partial charge in [0.1, 0.15) is 5.75 Å². The maximum atomic E-state index is 12.9. The van der Waals surface area contributed by atoms with E-state index in [-0.39, 0.29) is 5.69 Å². The average molecular weight is 372 g/mol. The second-order valence-electron chi connectivity index (χ2n) is 5.76. The van der Waals surface area contributed by atoms with Gasteiger partial charge in [0.25, 0.3) is 0 Å². The van der Waals surface area contributed by atoms with E-state index in [1.807, 2.05) is 30.3 Å². The molecule has 0 fully saturated rings. The number of carbonyl (C=O) groups excluding carboxylic acids is 1. The van der Waals surface area contributed by atoms with Crippen LogP contribution < -0.4 is 10.6 Å². The van der Waals surface area contributed by atoms with Crippen LogP contribution in [0.3, 0.4) is 0 Å². The summed E-state index contributed by atoms with van der Waals surface area (Å²) in [6.07, 6.45) is -4.62. The quantitative estimate of drug-likeness (QED) is 0.656. The number of phenols is 1. The second-order valence-corrected chi connectivity index (χ2v) is 5.76. The summed E-state index contributed by atoms with van der Waals surface area (Å²) >= 11 is 0. The Morgan fingerprint density at radius 1 is 0.889 bits per heavy atom. The summed E-state index contributed by atoms with van der Waals surface area (Å²) in [4.78, 5) is 13.1. The molecule has 27 heavy (non-hydrogen) atoms. The topological polar surface area (TPSA) is 66.6 Å². The van der Waals surface area contributed by atoms with Crippen LogP contribution in [0.5, 0.6) is 5.75 Å². The number of nitrogens with two attached hydrogens (primary N) is 1. The molecule has 0 saturated heterocycles. The Kier molecular flexibility index (Phi) is 4.77. The van der Waals surface area contributed by atoms with Crippen molar-refractivity contribution in [3.05, 3.63) is 78.4 Å². The highest BCUT2D eigenvalue weighted by molar-refractivity contribution is 6.03. The van der Waals surface area contributed by atoms with Crippen LogP contribution in [0.4, 0.5) is 29.3 Å². The molecule has 4 nitrogen and oxygen atoms in total. The summed E-state index contributed by atoms with van der Waals surface area (Å²) in [7, 11) is 0. The number of urea groups is 1. The molecule has 0 bridgehead atoms. The van der Waals surface area contributed by atoms with Crippen molar-refractivity contribution < 1.29 is 23.1 Å². The lowest BCUT2D eigenvalue weighted by molar-refractivity contribution is -0.137. The number of alkyl halides is 3. The molecule has 0 radical (unpaired) electrons. The van der Waals surface area contributed by atoms with E-state index in [2.05, 4.69) is 0 Å². The fourth-order valence-electron chi connectivity index (χ4n) is 2.79. The second kappa shape index (κ2) is 7.03. The largest absolute Gasteiger partial charge is 0.506 e. The van der Waals surface area contributed by atoms with Crippen molar-refractivity contribution in [2.45, 2.75) is 6.18 Å². The van der Waals surface area contributed by atoms with E-state index in [1.54, 1.807) is 24.3 Å². The number of hydrogen-bond acceptors (Lipinski definition) is 2. The molecule has 3 rings (SSSR count). The predicted molar refractivity (Wildman–Crippen MR) is 96.7 cm³/mol. The molecule has 2 amide bonds. The van der Waals surface area contributed by atoms with E-state index in [4.69, 9.17) is 5.73 Å². The minimum absolute atomic E-state index is 0.140. The number of primary amides is 1. The first kappa shape index (κ1) is 18.3. The lowest BCUT2D eigenvalue weighted by atomic mass is 10.0. The van der Waals surface area contributed by atoms with Gasteiger partial charge in [-0.1, -0.05) is 48.5 Å². The van der Waals surface area contributed by atoms with Crippen LogP contribution in [0.1, 0.15) is 5.56 Å². The molecule has 0 atom stereocenters. The predicted octanol–water partition coefficient (Wildman–Crippen LogP) is 5.29. The number of amides is 2. The number of hydrogen-bond donors (Lipinski definition) is 2. The molecule has 3 aromatic carbocycles. The number of carbonyl (C=O) groups is 1. The van der Waals surface area contributed by atoms with Gasteiger partial charge >= 0.3 is 12.2 Å². The van der Waals surface area contributed by atoms with Crippen molar-refractivity contribution in [3.8, 4) is 16.9 Å². The highest BCUT2D eigenvalue weighted by Gasteiger charge is 2.32. The van der Waals surface area contributed by atoms with E-state index in [9.17, 15) is 23.1 Å². The van der Waals surface area contributed by atoms with Crippen molar-refractivity contribution in [2.24, 2.45) is 5.73 Å². The molecule has 3 aromatic rings. The molecule has 0 unspecified atom stereocenters. The molecule has 0 aromatic heterocycles. The monoisotopic (exact) mass is 372 g/mol. The standard InChI is InChI=1S/C20H15F3N2O2/c21-20(22,23)14-10-11-17(18(26)12-14)25(19(24)27)16-9-5-4-8-15(16)13-6-2-1-3-7-13/h1-12,26H,(H2,24,27). The Morgan fingerprint density at radius 3 is 2.11 bits per heavy atom. The number of halogens is 3. The van der Waals surface area contributed by atoms with Gasteiger partial charge < -0.3 is 10.8 Å². The van der Waals surface area contributed by atoms with E-state index < -0.39 is 23.5 Å². The third-order valence-electron chi connectivity index (χ3n) is 3.99. The Bertz CT molecular complexity index is 972. The number of nitrogens with zero attached hydrogens (tertiary/aromatic N) is 1. The van der Waals surface area contributed by atoms with Crippen molar-refractivity contribution in [3.63, 3.8) is 0 Å². The maximum Gasteiger partial charge on any atom is 0.416 e. The molecule has 0 heterocycles. The van der Waals surface area contributed by atoms with Gasteiger partial charge in [-0.15, -0.1) is 0 Å². The third-order valence-corrected chi connectivity index (χ3v) is 3.99. The lowest BCUT2D eigenvalue weighted by Gasteiger charge is -2.25. The Hall–Kier alpha value is -3.48. The zero-order chi connectivity index (χ0) is 19.6. The van der Waals surface area contributed by atoms with Crippen molar-refractivity contribution in [1.29, 1.82) is 0 Å². The Labute approximate surface area is 153 Å². The van der Waals surface area contributed by atoms with Crippen molar-refractivity contribution in [1.82, 2.24) is 0 Å². The number of aromatic hydroxyl groups is 1. The molecular formula is C20H15F3N2O2. The SMILES string of the molecule is NC(=O)N(c1ccc(C(F)(F)F)cc1O)c1ccccc1-c1ccccc1. The molecule has 0 saturated carbocycles. The minimum Gasteiger partial charge on any atom is -0.506 e. The van der Waals surface area contributed by atoms with Gasteiger partial charge in [-0.05, 0) is 29.8 Å². The van der Waals surface area contributed by atoms with Crippen molar-refractivity contribution >= 4 is 17.4 Å². The number of anilines is 2. The molecule has 138 valence electrons. The summed E-state index contributed by atoms with van der Waals surface area (Å²) in [5, 5.41) is 10.1. The summed E-state index contributed by atoms with van der Waals surface area (Å²) in [5.41, 5.74) is 6.09.